The molecule has 1 N–H and O–H groups in total. The number of nitrogens with one attached hydrogen (secondary N) is 1. The molecule has 5 nitrogen and oxygen atoms in total. The second-order valence-electron chi connectivity index (χ2n) is 5.08. The van der Waals surface area contributed by atoms with Gasteiger partial charge in [-0.05, 0) is 42.7 Å². The van der Waals surface area contributed by atoms with Crippen LogP contribution in [0.25, 0.3) is 0 Å². The molecule has 0 spiro atoms. The maximum Gasteiger partial charge on any atom is 0.203 e. The molecule has 0 aromatic carbocycles. The molecule has 0 saturated carbocycles. The van der Waals surface area contributed by atoms with Crippen LogP contribution in [-0.4, -0.2) is 17.6 Å². The highest BCUT2D eigenvalue weighted by molar-refractivity contribution is 5.19. The van der Waals surface area contributed by atoms with Gasteiger partial charge in [0.1, 0.15) is 11.8 Å². The molecular formula is C16H17N3O2. The van der Waals surface area contributed by atoms with E-state index in [-0.39, 0.29) is 12.1 Å². The molecule has 0 radical (unpaired) electrons. The first-order valence-corrected chi connectivity index (χ1v) is 7.10. The van der Waals surface area contributed by atoms with Crippen LogP contribution in [0.4, 0.5) is 0 Å². The van der Waals surface area contributed by atoms with Crippen molar-refractivity contribution in [3.8, 4) is 6.07 Å². The lowest BCUT2D eigenvalue weighted by Crippen LogP contribution is -2.39. The second kappa shape index (κ2) is 6.53. The van der Waals surface area contributed by atoms with Gasteiger partial charge in [0.25, 0.3) is 0 Å². The molecule has 1 fully saturated rings. The van der Waals surface area contributed by atoms with Crippen LogP contribution in [0.1, 0.15) is 36.0 Å². The molecule has 2 aromatic heterocycles. The summed E-state index contributed by atoms with van der Waals surface area (Å²) in [6.07, 6.45) is 5.71. The highest BCUT2D eigenvalue weighted by Gasteiger charge is 2.27. The first kappa shape index (κ1) is 13.8. The number of ether oxygens (including phenoxy) is 1. The lowest BCUT2D eigenvalue weighted by Gasteiger charge is -2.32. The van der Waals surface area contributed by atoms with Crippen LogP contribution < -0.4 is 5.32 Å². The number of hydrogen-bond donors (Lipinski definition) is 1. The van der Waals surface area contributed by atoms with Crippen molar-refractivity contribution in [2.45, 2.75) is 31.5 Å². The third-order valence-electron chi connectivity index (χ3n) is 3.67. The van der Waals surface area contributed by atoms with E-state index in [1.165, 1.54) is 0 Å². The van der Waals surface area contributed by atoms with Gasteiger partial charge in [0.05, 0.1) is 12.6 Å². The van der Waals surface area contributed by atoms with Gasteiger partial charge in [-0.25, -0.2) is 0 Å². The van der Waals surface area contributed by atoms with Gasteiger partial charge in [0.15, 0.2) is 0 Å². The summed E-state index contributed by atoms with van der Waals surface area (Å²) in [5, 5.41) is 12.2. The van der Waals surface area contributed by atoms with Crippen molar-refractivity contribution in [3.05, 3.63) is 53.7 Å². The Morgan fingerprint density at radius 1 is 1.29 bits per heavy atom. The minimum Gasteiger partial charge on any atom is -0.449 e. The van der Waals surface area contributed by atoms with Crippen molar-refractivity contribution >= 4 is 0 Å². The van der Waals surface area contributed by atoms with Gasteiger partial charge in [-0.3, -0.25) is 4.98 Å². The minimum absolute atomic E-state index is 0.0344. The number of nitriles is 1. The van der Waals surface area contributed by atoms with Crippen LogP contribution in [-0.2, 0) is 11.3 Å². The number of aromatic nitrogens is 1. The van der Waals surface area contributed by atoms with E-state index in [9.17, 15) is 0 Å². The largest absolute Gasteiger partial charge is 0.449 e. The topological polar surface area (TPSA) is 71.1 Å². The van der Waals surface area contributed by atoms with Gasteiger partial charge in [-0.15, -0.1) is 0 Å². The Balaban J connectivity index is 1.66. The van der Waals surface area contributed by atoms with Crippen molar-refractivity contribution in [3.63, 3.8) is 0 Å². The molecule has 0 unspecified atom stereocenters. The van der Waals surface area contributed by atoms with E-state index in [0.717, 1.165) is 30.8 Å². The Bertz CT molecular complexity index is 618. The van der Waals surface area contributed by atoms with Crippen LogP contribution in [0, 0.1) is 11.3 Å². The monoisotopic (exact) mass is 283 g/mol. The quantitative estimate of drug-likeness (QED) is 0.933. The molecule has 21 heavy (non-hydrogen) atoms. The lowest BCUT2D eigenvalue weighted by atomic mass is 9.96. The van der Waals surface area contributed by atoms with Crippen molar-refractivity contribution in [2.24, 2.45) is 0 Å². The van der Waals surface area contributed by atoms with Gasteiger partial charge >= 0.3 is 0 Å². The molecule has 108 valence electrons. The van der Waals surface area contributed by atoms with Gasteiger partial charge in [-0.2, -0.15) is 5.26 Å². The van der Waals surface area contributed by atoms with E-state index in [1.54, 1.807) is 18.5 Å². The average molecular weight is 283 g/mol. The van der Waals surface area contributed by atoms with E-state index in [1.807, 2.05) is 24.3 Å². The molecule has 0 aliphatic carbocycles. The highest BCUT2D eigenvalue weighted by atomic mass is 16.5. The molecule has 2 aromatic rings. The van der Waals surface area contributed by atoms with Crippen molar-refractivity contribution in [1.29, 1.82) is 5.26 Å². The first-order valence-electron chi connectivity index (χ1n) is 7.10. The van der Waals surface area contributed by atoms with E-state index in [2.05, 4.69) is 10.3 Å². The summed E-state index contributed by atoms with van der Waals surface area (Å²) < 4.78 is 11.3. The highest BCUT2D eigenvalue weighted by Crippen LogP contribution is 2.28. The third kappa shape index (κ3) is 3.30. The number of furan rings is 1. The van der Waals surface area contributed by atoms with Gasteiger partial charge in [0, 0.05) is 25.0 Å². The predicted octanol–water partition coefficient (Wildman–Crippen LogP) is 2.56. The van der Waals surface area contributed by atoms with Gasteiger partial charge < -0.3 is 14.5 Å². The van der Waals surface area contributed by atoms with E-state index in [4.69, 9.17) is 14.4 Å². The van der Waals surface area contributed by atoms with E-state index in [0.29, 0.717) is 12.3 Å². The van der Waals surface area contributed by atoms with Crippen molar-refractivity contribution in [2.75, 3.05) is 6.61 Å². The molecule has 1 saturated heterocycles. The summed E-state index contributed by atoms with van der Waals surface area (Å²) in [4.78, 5) is 4.05. The van der Waals surface area contributed by atoms with E-state index < -0.39 is 0 Å². The van der Waals surface area contributed by atoms with Crippen molar-refractivity contribution < 1.29 is 9.15 Å². The Kier molecular flexibility index (Phi) is 4.29. The zero-order chi connectivity index (χ0) is 14.5. The molecule has 5 heteroatoms. The molecule has 0 bridgehead atoms. The average Bonchev–Trinajstić information content (AvgIpc) is 3.02. The Morgan fingerprint density at radius 3 is 2.90 bits per heavy atom. The molecule has 3 heterocycles. The van der Waals surface area contributed by atoms with Crippen LogP contribution in [0.3, 0.4) is 0 Å². The summed E-state index contributed by atoms with van der Waals surface area (Å²) in [7, 11) is 0. The summed E-state index contributed by atoms with van der Waals surface area (Å²) in [5.41, 5.74) is 1.14. The Hall–Kier alpha value is -2.16. The molecule has 0 amide bonds. The zero-order valence-corrected chi connectivity index (χ0v) is 11.7. The fraction of sp³-hybridized carbons (Fsp3) is 0.375. The van der Waals surface area contributed by atoms with Crippen LogP contribution in [0.2, 0.25) is 0 Å². The molecule has 2 atom stereocenters. The summed E-state index contributed by atoms with van der Waals surface area (Å²) >= 11 is 0. The lowest BCUT2D eigenvalue weighted by molar-refractivity contribution is -0.0116. The van der Waals surface area contributed by atoms with Crippen LogP contribution in [0.5, 0.6) is 0 Å². The number of pyridine rings is 1. The normalized spacial score (nSPS) is 21.9. The zero-order valence-electron chi connectivity index (χ0n) is 11.7. The fourth-order valence-corrected chi connectivity index (χ4v) is 2.64. The second-order valence-corrected chi connectivity index (χ2v) is 5.08. The molecule has 1 aliphatic rings. The van der Waals surface area contributed by atoms with Crippen LogP contribution in [0.15, 0.2) is 41.1 Å². The molecular weight excluding hydrogens is 266 g/mol. The van der Waals surface area contributed by atoms with Crippen LogP contribution >= 0.6 is 0 Å². The fourth-order valence-electron chi connectivity index (χ4n) is 2.64. The Morgan fingerprint density at radius 2 is 2.14 bits per heavy atom. The first-order chi connectivity index (χ1) is 10.4. The SMILES string of the molecule is N#Cc1ccc(CN[C@H]2CCCO[C@@H]2c2ccncc2)o1. The number of rotatable bonds is 4. The van der Waals surface area contributed by atoms with Gasteiger partial charge in [-0.1, -0.05) is 0 Å². The summed E-state index contributed by atoms with van der Waals surface area (Å²) in [6, 6.07) is 9.73. The predicted molar refractivity (Wildman–Crippen MR) is 76.2 cm³/mol. The summed E-state index contributed by atoms with van der Waals surface area (Å²) in [5.74, 6) is 1.11. The van der Waals surface area contributed by atoms with E-state index >= 15 is 0 Å². The smallest absolute Gasteiger partial charge is 0.203 e. The maximum atomic E-state index is 8.77. The number of nitrogens with zero attached hydrogens (tertiary/aromatic N) is 2. The minimum atomic E-state index is 0.0344. The van der Waals surface area contributed by atoms with Crippen molar-refractivity contribution in [1.82, 2.24) is 10.3 Å². The number of hydrogen-bond acceptors (Lipinski definition) is 5. The third-order valence-corrected chi connectivity index (χ3v) is 3.67. The maximum absolute atomic E-state index is 8.77. The summed E-state index contributed by atoms with van der Waals surface area (Å²) in [6.45, 7) is 1.38. The molecule has 1 aliphatic heterocycles. The standard InChI is InChI=1S/C16H17N3O2/c17-10-13-3-4-14(21-13)11-19-15-2-1-9-20-16(15)12-5-7-18-8-6-12/h3-8,15-16,19H,1-2,9,11H2/t15-,16+/m0/s1. The van der Waals surface area contributed by atoms with Gasteiger partial charge in [0.2, 0.25) is 5.76 Å². The Labute approximate surface area is 123 Å². The molecule has 3 rings (SSSR count).